The number of nitrogens with zero attached hydrogens (tertiary/aromatic N) is 3. The van der Waals surface area contributed by atoms with Crippen LogP contribution < -0.4 is 0 Å². The molecule has 0 saturated carbocycles. The van der Waals surface area contributed by atoms with Gasteiger partial charge in [0.05, 0.1) is 5.52 Å². The molecule has 5 heteroatoms. The first-order valence-electron chi connectivity index (χ1n) is 7.64. The second kappa shape index (κ2) is 6.32. The van der Waals surface area contributed by atoms with Gasteiger partial charge in [-0.2, -0.15) is 5.10 Å². The number of hydrogen-bond acceptors (Lipinski definition) is 4. The molecule has 1 atom stereocenters. The van der Waals surface area contributed by atoms with Crippen molar-refractivity contribution in [3.8, 4) is 0 Å². The van der Waals surface area contributed by atoms with Gasteiger partial charge in [-0.15, -0.1) is 0 Å². The van der Waals surface area contributed by atoms with E-state index in [0.717, 1.165) is 36.8 Å². The number of hydrogen-bond donors (Lipinski definition) is 0. The zero-order valence-electron chi connectivity index (χ0n) is 13.0. The van der Waals surface area contributed by atoms with Crippen molar-refractivity contribution in [1.29, 1.82) is 0 Å². The highest BCUT2D eigenvalue weighted by Crippen LogP contribution is 2.28. The number of aromatic nitrogens is 2. The number of ether oxygens (including phenoxy) is 1. The summed E-state index contributed by atoms with van der Waals surface area (Å²) in [4.78, 5) is 14.5. The number of carbonyl (C=O) groups excluding carboxylic acids is 1. The molecule has 0 spiro atoms. The lowest BCUT2D eigenvalue weighted by atomic mass is 10.1. The van der Waals surface area contributed by atoms with Crippen LogP contribution in [0, 0.1) is 0 Å². The van der Waals surface area contributed by atoms with Gasteiger partial charge in [0, 0.05) is 38.4 Å². The van der Waals surface area contributed by atoms with Gasteiger partial charge < -0.3 is 9.64 Å². The number of rotatable bonds is 4. The standard InChI is InChI=1S/C17H21N3O2/c1-19(2)11-10-15(21)17-13-7-3-4-8-14(13)18-20(17)16-9-5-6-12-22-16/h3-4,7-8,10-11,16H,5-6,9,12H2,1-2H3. The van der Waals surface area contributed by atoms with Crippen molar-refractivity contribution in [2.45, 2.75) is 25.5 Å². The van der Waals surface area contributed by atoms with E-state index >= 15 is 0 Å². The molecule has 0 aliphatic carbocycles. The van der Waals surface area contributed by atoms with Crippen molar-refractivity contribution >= 4 is 16.7 Å². The van der Waals surface area contributed by atoms with Crippen molar-refractivity contribution in [2.24, 2.45) is 0 Å². The summed E-state index contributed by atoms with van der Waals surface area (Å²) in [5, 5.41) is 5.49. The predicted molar refractivity (Wildman–Crippen MR) is 85.7 cm³/mol. The number of benzene rings is 1. The summed E-state index contributed by atoms with van der Waals surface area (Å²) in [5.41, 5.74) is 1.44. The average molecular weight is 299 g/mol. The van der Waals surface area contributed by atoms with E-state index in [-0.39, 0.29) is 12.0 Å². The van der Waals surface area contributed by atoms with E-state index in [2.05, 4.69) is 5.10 Å². The average Bonchev–Trinajstić information content (AvgIpc) is 2.93. The molecule has 3 rings (SSSR count). The van der Waals surface area contributed by atoms with Crippen LogP contribution in [-0.4, -0.2) is 41.2 Å². The number of ketones is 1. The van der Waals surface area contributed by atoms with Gasteiger partial charge in [-0.05, 0) is 25.3 Å². The SMILES string of the molecule is CN(C)C=CC(=O)c1c2ccccc2nn1C1CCCCO1. The third-order valence-electron chi connectivity index (χ3n) is 3.79. The molecule has 1 aliphatic heterocycles. The van der Waals surface area contributed by atoms with Gasteiger partial charge in [0.2, 0.25) is 5.78 Å². The minimum Gasteiger partial charge on any atom is -0.383 e. The van der Waals surface area contributed by atoms with E-state index < -0.39 is 0 Å². The van der Waals surface area contributed by atoms with E-state index in [4.69, 9.17) is 4.74 Å². The Bertz CT molecular complexity index is 697. The van der Waals surface area contributed by atoms with Crippen molar-refractivity contribution in [3.05, 3.63) is 42.2 Å². The van der Waals surface area contributed by atoms with E-state index in [1.165, 1.54) is 0 Å². The molecule has 1 unspecified atom stereocenters. The molecule has 2 aromatic rings. The van der Waals surface area contributed by atoms with Crippen molar-refractivity contribution in [2.75, 3.05) is 20.7 Å². The van der Waals surface area contributed by atoms with Gasteiger partial charge in [0.1, 0.15) is 5.69 Å². The molecule has 1 fully saturated rings. The highest BCUT2D eigenvalue weighted by atomic mass is 16.5. The molecule has 1 aromatic carbocycles. The molecule has 0 radical (unpaired) electrons. The Kier molecular flexibility index (Phi) is 4.24. The molecule has 22 heavy (non-hydrogen) atoms. The van der Waals surface area contributed by atoms with Crippen LogP contribution in [0.1, 0.15) is 36.0 Å². The smallest absolute Gasteiger partial charge is 0.206 e. The number of allylic oxidation sites excluding steroid dienone is 1. The quantitative estimate of drug-likeness (QED) is 0.643. The zero-order valence-corrected chi connectivity index (χ0v) is 13.0. The summed E-state index contributed by atoms with van der Waals surface area (Å²) in [7, 11) is 3.78. The van der Waals surface area contributed by atoms with Crippen LogP contribution in [-0.2, 0) is 4.74 Å². The number of carbonyl (C=O) groups is 1. The minimum atomic E-state index is -0.146. The van der Waals surface area contributed by atoms with E-state index in [0.29, 0.717) is 5.69 Å². The van der Waals surface area contributed by atoms with E-state index in [1.54, 1.807) is 17.0 Å². The van der Waals surface area contributed by atoms with Gasteiger partial charge in [-0.3, -0.25) is 4.79 Å². The first-order valence-corrected chi connectivity index (χ1v) is 7.64. The van der Waals surface area contributed by atoms with Gasteiger partial charge in [0.25, 0.3) is 0 Å². The fourth-order valence-corrected chi connectivity index (χ4v) is 2.72. The largest absolute Gasteiger partial charge is 0.383 e. The second-order valence-corrected chi connectivity index (χ2v) is 5.78. The fraction of sp³-hybridized carbons (Fsp3) is 0.412. The van der Waals surface area contributed by atoms with Gasteiger partial charge in [-0.1, -0.05) is 18.2 Å². The van der Waals surface area contributed by atoms with E-state index in [9.17, 15) is 4.79 Å². The summed E-state index contributed by atoms with van der Waals surface area (Å²) in [6.07, 6.45) is 6.26. The van der Waals surface area contributed by atoms with Crippen LogP contribution in [0.3, 0.4) is 0 Å². The monoisotopic (exact) mass is 299 g/mol. The van der Waals surface area contributed by atoms with Gasteiger partial charge in [-0.25, -0.2) is 4.68 Å². The third-order valence-corrected chi connectivity index (χ3v) is 3.79. The topological polar surface area (TPSA) is 47.4 Å². The Morgan fingerprint density at radius 1 is 1.36 bits per heavy atom. The molecule has 0 bridgehead atoms. The molecule has 0 amide bonds. The fourth-order valence-electron chi connectivity index (χ4n) is 2.72. The van der Waals surface area contributed by atoms with Crippen LogP contribution in [0.4, 0.5) is 0 Å². The Balaban J connectivity index is 2.06. The molecule has 116 valence electrons. The van der Waals surface area contributed by atoms with Crippen molar-refractivity contribution < 1.29 is 9.53 Å². The van der Waals surface area contributed by atoms with Crippen LogP contribution >= 0.6 is 0 Å². The molecular formula is C17H21N3O2. The van der Waals surface area contributed by atoms with E-state index in [1.807, 2.05) is 43.3 Å². The molecule has 1 saturated heterocycles. The van der Waals surface area contributed by atoms with Gasteiger partial charge >= 0.3 is 0 Å². The Morgan fingerprint density at radius 3 is 2.91 bits per heavy atom. The molecule has 5 nitrogen and oxygen atoms in total. The van der Waals surface area contributed by atoms with Gasteiger partial charge in [0.15, 0.2) is 6.23 Å². The Morgan fingerprint density at radius 2 is 2.18 bits per heavy atom. The molecule has 1 aromatic heterocycles. The summed E-state index contributed by atoms with van der Waals surface area (Å²) in [5.74, 6) is -0.0448. The lowest BCUT2D eigenvalue weighted by molar-refractivity contribution is -0.0400. The molecular weight excluding hydrogens is 278 g/mol. The maximum atomic E-state index is 12.7. The summed E-state index contributed by atoms with van der Waals surface area (Å²) < 4.78 is 7.59. The van der Waals surface area contributed by atoms with Crippen molar-refractivity contribution in [3.63, 3.8) is 0 Å². The maximum absolute atomic E-state index is 12.7. The summed E-state index contributed by atoms with van der Waals surface area (Å²) in [6, 6.07) is 7.74. The van der Waals surface area contributed by atoms with Crippen LogP contribution in [0.5, 0.6) is 0 Å². The van der Waals surface area contributed by atoms with Crippen molar-refractivity contribution in [1.82, 2.24) is 14.7 Å². The summed E-state index contributed by atoms with van der Waals surface area (Å²) >= 11 is 0. The highest BCUT2D eigenvalue weighted by Gasteiger charge is 2.24. The first-order chi connectivity index (χ1) is 10.7. The molecule has 0 N–H and O–H groups in total. The minimum absolute atomic E-state index is 0.0448. The third kappa shape index (κ3) is 2.90. The molecule has 2 heterocycles. The van der Waals surface area contributed by atoms with Crippen LogP contribution in [0.2, 0.25) is 0 Å². The lowest BCUT2D eigenvalue weighted by Gasteiger charge is -2.24. The second-order valence-electron chi connectivity index (χ2n) is 5.78. The number of fused-ring (bicyclic) bond motifs is 1. The summed E-state index contributed by atoms with van der Waals surface area (Å²) in [6.45, 7) is 0.724. The Labute approximate surface area is 130 Å². The predicted octanol–water partition coefficient (Wildman–Crippen LogP) is 2.99. The normalized spacial score (nSPS) is 18.9. The molecule has 1 aliphatic rings. The van der Waals surface area contributed by atoms with Crippen LogP contribution in [0.25, 0.3) is 10.9 Å². The first kappa shape index (κ1) is 14.8. The Hall–Kier alpha value is -2.14. The van der Waals surface area contributed by atoms with Crippen LogP contribution in [0.15, 0.2) is 36.5 Å². The zero-order chi connectivity index (χ0) is 15.5. The lowest BCUT2D eigenvalue weighted by Crippen LogP contribution is -2.22. The highest BCUT2D eigenvalue weighted by molar-refractivity contribution is 6.11. The maximum Gasteiger partial charge on any atom is 0.206 e.